The van der Waals surface area contributed by atoms with Crippen LogP contribution >= 0.6 is 0 Å². The summed E-state index contributed by atoms with van der Waals surface area (Å²) in [5, 5.41) is 9.08. The molecular weight excluding hydrogens is 245 g/mol. The average Bonchev–Trinajstić information content (AvgIpc) is 2.76. The van der Waals surface area contributed by atoms with Crippen LogP contribution in [0.5, 0.6) is 0 Å². The normalized spacial score (nSPS) is 13.6. The van der Waals surface area contributed by atoms with Crippen LogP contribution in [0.1, 0.15) is 17.4 Å². The first-order chi connectivity index (χ1) is 8.47. The summed E-state index contributed by atoms with van der Waals surface area (Å²) in [6.45, 7) is 0.366. The van der Waals surface area contributed by atoms with Gasteiger partial charge in [0.25, 0.3) is 0 Å². The highest BCUT2D eigenvalue weighted by atomic mass is 19.4. The summed E-state index contributed by atoms with van der Waals surface area (Å²) in [4.78, 5) is 4.07. The van der Waals surface area contributed by atoms with Crippen LogP contribution in [0.15, 0.2) is 42.9 Å². The molecule has 18 heavy (non-hydrogen) atoms. The van der Waals surface area contributed by atoms with E-state index in [1.165, 1.54) is 18.5 Å². The topological polar surface area (TPSA) is 38.0 Å². The van der Waals surface area contributed by atoms with Gasteiger partial charge in [-0.25, -0.2) is 0 Å². The fourth-order valence-corrected chi connectivity index (χ4v) is 1.59. The second kappa shape index (κ2) is 4.81. The van der Waals surface area contributed by atoms with E-state index < -0.39 is 12.3 Å². The van der Waals surface area contributed by atoms with E-state index in [1.807, 2.05) is 0 Å². The van der Waals surface area contributed by atoms with Gasteiger partial charge in [0.05, 0.1) is 12.2 Å². The molecule has 2 aromatic heterocycles. The largest absolute Gasteiger partial charge is 0.418 e. The monoisotopic (exact) mass is 256 g/mol. The summed E-state index contributed by atoms with van der Waals surface area (Å²) < 4.78 is 38.4. The van der Waals surface area contributed by atoms with Gasteiger partial charge in [-0.05, 0) is 18.2 Å². The van der Waals surface area contributed by atoms with E-state index in [0.717, 1.165) is 5.69 Å². The molecule has 0 saturated carbocycles. The number of alkyl halides is 3. The van der Waals surface area contributed by atoms with E-state index in [-0.39, 0.29) is 5.56 Å². The third-order valence-electron chi connectivity index (χ3n) is 2.47. The fourth-order valence-electron chi connectivity index (χ4n) is 1.59. The number of nitrogens with zero attached hydrogens (tertiary/aromatic N) is 2. The maximum absolute atomic E-state index is 12.3. The molecule has 2 aromatic rings. The Bertz CT molecular complexity index is 508. The quantitative estimate of drug-likeness (QED) is 0.916. The highest BCUT2D eigenvalue weighted by molar-refractivity contribution is 5.16. The third-order valence-corrected chi connectivity index (χ3v) is 2.47. The van der Waals surface area contributed by atoms with E-state index in [1.54, 1.807) is 29.0 Å². The zero-order valence-electron chi connectivity index (χ0n) is 9.30. The van der Waals surface area contributed by atoms with E-state index in [2.05, 4.69) is 4.98 Å². The van der Waals surface area contributed by atoms with Gasteiger partial charge in [0.1, 0.15) is 0 Å². The lowest BCUT2D eigenvalue weighted by atomic mass is 10.2. The smallest absolute Gasteiger partial charge is 0.379 e. The Labute approximate surface area is 102 Å². The number of pyridine rings is 1. The third kappa shape index (κ3) is 2.89. The molecule has 96 valence electrons. The standard InChI is InChI=1S/C12H11F3N2O/c13-12(14,15)11(18)9-4-6-17(7-9)8-10-3-1-2-5-16-10/h1-7,11,18H,8H2. The molecule has 0 spiro atoms. The van der Waals surface area contributed by atoms with Crippen molar-refractivity contribution in [2.45, 2.75) is 18.8 Å². The Morgan fingerprint density at radius 3 is 2.67 bits per heavy atom. The first-order valence-electron chi connectivity index (χ1n) is 5.27. The molecule has 0 fully saturated rings. The van der Waals surface area contributed by atoms with Crippen LogP contribution in [0, 0.1) is 0 Å². The van der Waals surface area contributed by atoms with Gasteiger partial charge < -0.3 is 9.67 Å². The minimum absolute atomic E-state index is 0.168. The van der Waals surface area contributed by atoms with Gasteiger partial charge in [-0.15, -0.1) is 0 Å². The maximum Gasteiger partial charge on any atom is 0.418 e. The predicted octanol–water partition coefficient (Wildman–Crippen LogP) is 2.53. The van der Waals surface area contributed by atoms with Gasteiger partial charge in [-0.2, -0.15) is 13.2 Å². The maximum atomic E-state index is 12.3. The first kappa shape index (κ1) is 12.6. The number of hydrogen-bond acceptors (Lipinski definition) is 2. The molecule has 0 saturated heterocycles. The highest BCUT2D eigenvalue weighted by Crippen LogP contribution is 2.32. The van der Waals surface area contributed by atoms with Crippen molar-refractivity contribution in [3.8, 4) is 0 Å². The summed E-state index contributed by atoms with van der Waals surface area (Å²) in [6, 6.07) is 6.59. The van der Waals surface area contributed by atoms with Crippen molar-refractivity contribution in [3.63, 3.8) is 0 Å². The zero-order chi connectivity index (χ0) is 13.2. The molecule has 1 unspecified atom stereocenters. The molecule has 2 heterocycles. The minimum atomic E-state index is -4.64. The predicted molar refractivity (Wildman–Crippen MR) is 58.8 cm³/mol. The molecule has 0 amide bonds. The molecule has 0 radical (unpaired) electrons. The van der Waals surface area contributed by atoms with E-state index in [4.69, 9.17) is 5.11 Å². The molecule has 0 aliphatic heterocycles. The second-order valence-corrected chi connectivity index (χ2v) is 3.88. The van der Waals surface area contributed by atoms with E-state index in [9.17, 15) is 13.2 Å². The molecule has 1 N–H and O–H groups in total. The van der Waals surface area contributed by atoms with Crippen molar-refractivity contribution in [1.82, 2.24) is 9.55 Å². The Kier molecular flexibility index (Phi) is 3.38. The lowest BCUT2D eigenvalue weighted by Crippen LogP contribution is -2.19. The van der Waals surface area contributed by atoms with Crippen LogP contribution in [-0.2, 0) is 6.54 Å². The minimum Gasteiger partial charge on any atom is -0.379 e. The van der Waals surface area contributed by atoms with Gasteiger partial charge in [-0.3, -0.25) is 4.98 Å². The van der Waals surface area contributed by atoms with Gasteiger partial charge >= 0.3 is 6.18 Å². The van der Waals surface area contributed by atoms with Crippen LogP contribution in [-0.4, -0.2) is 20.8 Å². The summed E-state index contributed by atoms with van der Waals surface area (Å²) in [7, 11) is 0. The first-order valence-corrected chi connectivity index (χ1v) is 5.27. The zero-order valence-corrected chi connectivity index (χ0v) is 9.30. The molecule has 0 aromatic carbocycles. The van der Waals surface area contributed by atoms with Crippen molar-refractivity contribution in [3.05, 3.63) is 54.1 Å². The second-order valence-electron chi connectivity index (χ2n) is 3.88. The van der Waals surface area contributed by atoms with Crippen molar-refractivity contribution < 1.29 is 18.3 Å². The Morgan fingerprint density at radius 2 is 2.06 bits per heavy atom. The number of halogens is 3. The highest BCUT2D eigenvalue weighted by Gasteiger charge is 2.39. The van der Waals surface area contributed by atoms with Crippen LogP contribution in [0.25, 0.3) is 0 Å². The molecule has 0 aliphatic carbocycles. The number of aliphatic hydroxyl groups is 1. The van der Waals surface area contributed by atoms with Crippen molar-refractivity contribution >= 4 is 0 Å². The summed E-state index contributed by atoms with van der Waals surface area (Å²) in [5.41, 5.74) is 0.569. The molecule has 0 aliphatic rings. The van der Waals surface area contributed by atoms with E-state index >= 15 is 0 Å². The lowest BCUT2D eigenvalue weighted by Gasteiger charge is -2.12. The number of rotatable bonds is 3. The van der Waals surface area contributed by atoms with Gasteiger partial charge in [0, 0.05) is 24.2 Å². The Balaban J connectivity index is 2.12. The average molecular weight is 256 g/mol. The molecule has 2 rings (SSSR count). The van der Waals surface area contributed by atoms with Gasteiger partial charge in [0.15, 0.2) is 6.10 Å². The van der Waals surface area contributed by atoms with Crippen molar-refractivity contribution in [2.24, 2.45) is 0 Å². The Hall–Kier alpha value is -1.82. The van der Waals surface area contributed by atoms with Crippen molar-refractivity contribution in [2.75, 3.05) is 0 Å². The number of hydrogen-bond donors (Lipinski definition) is 1. The molecule has 3 nitrogen and oxygen atoms in total. The van der Waals surface area contributed by atoms with Gasteiger partial charge in [0.2, 0.25) is 0 Å². The Morgan fingerprint density at radius 1 is 1.28 bits per heavy atom. The van der Waals surface area contributed by atoms with Gasteiger partial charge in [-0.1, -0.05) is 6.07 Å². The van der Waals surface area contributed by atoms with Crippen LogP contribution in [0.2, 0.25) is 0 Å². The lowest BCUT2D eigenvalue weighted by molar-refractivity contribution is -0.206. The SMILES string of the molecule is OC(c1ccn(Cc2ccccn2)c1)C(F)(F)F. The fraction of sp³-hybridized carbons (Fsp3) is 0.250. The molecule has 1 atom stereocenters. The molecular formula is C12H11F3N2O. The number of aliphatic hydroxyl groups excluding tert-OH is 1. The molecule has 0 bridgehead atoms. The summed E-state index contributed by atoms with van der Waals surface area (Å²) in [5.74, 6) is 0. The number of aromatic nitrogens is 2. The van der Waals surface area contributed by atoms with Crippen LogP contribution in [0.3, 0.4) is 0 Å². The van der Waals surface area contributed by atoms with Crippen LogP contribution in [0.4, 0.5) is 13.2 Å². The van der Waals surface area contributed by atoms with E-state index in [0.29, 0.717) is 6.54 Å². The molecule has 6 heteroatoms. The summed E-state index contributed by atoms with van der Waals surface area (Å²) >= 11 is 0. The summed E-state index contributed by atoms with van der Waals surface area (Å²) in [6.07, 6.45) is -2.71. The van der Waals surface area contributed by atoms with Crippen LogP contribution < -0.4 is 0 Å². The van der Waals surface area contributed by atoms with Crippen molar-refractivity contribution in [1.29, 1.82) is 0 Å².